The molecule has 18 heavy (non-hydrogen) atoms. The number of rotatable bonds is 3. The van der Waals surface area contributed by atoms with Gasteiger partial charge in [-0.1, -0.05) is 51.1 Å². The summed E-state index contributed by atoms with van der Waals surface area (Å²) >= 11 is 0. The van der Waals surface area contributed by atoms with Crippen molar-refractivity contribution >= 4 is 0 Å². The largest absolute Gasteiger partial charge is 0.309 e. The van der Waals surface area contributed by atoms with E-state index in [9.17, 15) is 0 Å². The first kappa shape index (κ1) is 12.2. The molecule has 1 unspecified atom stereocenters. The Balaban J connectivity index is 1.73. The summed E-state index contributed by atoms with van der Waals surface area (Å²) in [4.78, 5) is 0. The van der Waals surface area contributed by atoms with Crippen molar-refractivity contribution in [3.63, 3.8) is 0 Å². The van der Waals surface area contributed by atoms with Crippen molar-refractivity contribution in [2.45, 2.75) is 52.6 Å². The number of hydrogen-bond acceptors (Lipinski definition) is 1. The quantitative estimate of drug-likeness (QED) is 0.846. The molecule has 1 N–H and O–H groups in total. The highest BCUT2D eigenvalue weighted by Gasteiger charge is 2.58. The minimum Gasteiger partial charge on any atom is -0.309 e. The van der Waals surface area contributed by atoms with Crippen LogP contribution < -0.4 is 5.32 Å². The zero-order chi connectivity index (χ0) is 12.8. The molecule has 0 saturated heterocycles. The van der Waals surface area contributed by atoms with Crippen molar-refractivity contribution < 1.29 is 0 Å². The van der Waals surface area contributed by atoms with Crippen LogP contribution in [-0.4, -0.2) is 6.04 Å². The van der Waals surface area contributed by atoms with Gasteiger partial charge in [0.1, 0.15) is 0 Å². The smallest absolute Gasteiger partial charge is 0.0208 e. The topological polar surface area (TPSA) is 12.0 Å². The first-order valence-electron chi connectivity index (χ1n) is 7.30. The molecule has 98 valence electrons. The van der Waals surface area contributed by atoms with E-state index in [4.69, 9.17) is 0 Å². The van der Waals surface area contributed by atoms with Gasteiger partial charge >= 0.3 is 0 Å². The fourth-order valence-electron chi connectivity index (χ4n) is 4.63. The zero-order valence-electron chi connectivity index (χ0n) is 11.9. The molecule has 0 radical (unpaired) electrons. The third kappa shape index (κ3) is 1.80. The lowest BCUT2D eigenvalue weighted by Gasteiger charge is -2.43. The molecule has 0 aromatic heterocycles. The maximum atomic E-state index is 3.86. The van der Waals surface area contributed by atoms with Crippen LogP contribution in [0, 0.1) is 16.7 Å². The van der Waals surface area contributed by atoms with Gasteiger partial charge < -0.3 is 5.32 Å². The Hall–Kier alpha value is -0.820. The summed E-state index contributed by atoms with van der Waals surface area (Å²) in [5, 5.41) is 3.86. The summed E-state index contributed by atoms with van der Waals surface area (Å²) in [6.45, 7) is 8.43. The van der Waals surface area contributed by atoms with Gasteiger partial charge in [-0.05, 0) is 41.6 Å². The second-order valence-corrected chi connectivity index (χ2v) is 7.21. The Morgan fingerprint density at radius 1 is 1.17 bits per heavy atom. The van der Waals surface area contributed by atoms with Crippen LogP contribution in [-0.2, 0) is 6.54 Å². The fourth-order valence-corrected chi connectivity index (χ4v) is 4.63. The van der Waals surface area contributed by atoms with Gasteiger partial charge in [0, 0.05) is 12.6 Å². The maximum absolute atomic E-state index is 3.86. The lowest BCUT2D eigenvalue weighted by atomic mass is 9.68. The summed E-state index contributed by atoms with van der Waals surface area (Å²) in [7, 11) is 0. The molecule has 0 aliphatic heterocycles. The van der Waals surface area contributed by atoms with Crippen molar-refractivity contribution in [2.75, 3.05) is 0 Å². The molecular weight excluding hydrogens is 218 g/mol. The average molecular weight is 243 g/mol. The molecule has 0 spiro atoms. The van der Waals surface area contributed by atoms with E-state index in [0.717, 1.165) is 12.5 Å². The number of nitrogens with one attached hydrogen (secondary N) is 1. The summed E-state index contributed by atoms with van der Waals surface area (Å²) in [5.74, 6) is 0.927. The Bertz CT molecular complexity index is 418. The standard InChI is InChI=1S/C17H25N/c1-16(2)14-9-10-17(3,11-14)15(16)18-12-13-7-5-4-6-8-13/h4-8,14-15,18H,9-12H2,1-3H3/t14-,15?,17+/m0/s1. The van der Waals surface area contributed by atoms with E-state index < -0.39 is 0 Å². The van der Waals surface area contributed by atoms with Crippen LogP contribution in [0.4, 0.5) is 0 Å². The summed E-state index contributed by atoms with van der Waals surface area (Å²) < 4.78 is 0. The number of benzene rings is 1. The highest BCUT2D eigenvalue weighted by molar-refractivity contribution is 5.17. The van der Waals surface area contributed by atoms with Gasteiger partial charge in [-0.2, -0.15) is 0 Å². The molecule has 1 aromatic rings. The molecular formula is C17H25N. The Kier molecular flexibility index (Phi) is 2.78. The molecule has 2 aliphatic rings. The molecule has 2 aliphatic carbocycles. The van der Waals surface area contributed by atoms with Crippen LogP contribution in [0.5, 0.6) is 0 Å². The first-order valence-corrected chi connectivity index (χ1v) is 7.30. The van der Waals surface area contributed by atoms with E-state index in [1.807, 2.05) is 0 Å². The van der Waals surface area contributed by atoms with Crippen LogP contribution in [0.3, 0.4) is 0 Å². The Morgan fingerprint density at radius 2 is 1.89 bits per heavy atom. The van der Waals surface area contributed by atoms with Crippen LogP contribution in [0.15, 0.2) is 30.3 Å². The zero-order valence-corrected chi connectivity index (χ0v) is 11.9. The molecule has 0 heterocycles. The molecule has 2 bridgehead atoms. The van der Waals surface area contributed by atoms with Gasteiger partial charge in [-0.3, -0.25) is 0 Å². The molecule has 3 rings (SSSR count). The van der Waals surface area contributed by atoms with E-state index in [0.29, 0.717) is 16.9 Å². The third-order valence-electron chi connectivity index (χ3n) is 5.62. The molecule has 2 fully saturated rings. The van der Waals surface area contributed by atoms with Crippen LogP contribution in [0.2, 0.25) is 0 Å². The molecule has 2 saturated carbocycles. The lowest BCUT2D eigenvalue weighted by molar-refractivity contribution is 0.108. The van der Waals surface area contributed by atoms with Crippen molar-refractivity contribution in [3.8, 4) is 0 Å². The van der Waals surface area contributed by atoms with Crippen LogP contribution in [0.25, 0.3) is 0 Å². The Labute approximate surface area is 111 Å². The van der Waals surface area contributed by atoms with Crippen LogP contribution in [0.1, 0.15) is 45.6 Å². The van der Waals surface area contributed by atoms with Crippen molar-refractivity contribution in [1.29, 1.82) is 0 Å². The van der Waals surface area contributed by atoms with E-state index in [-0.39, 0.29) is 0 Å². The van der Waals surface area contributed by atoms with Gasteiger partial charge in [0.25, 0.3) is 0 Å². The highest BCUT2D eigenvalue weighted by Crippen LogP contribution is 2.62. The maximum Gasteiger partial charge on any atom is 0.0208 e. The van der Waals surface area contributed by atoms with Crippen molar-refractivity contribution in [1.82, 2.24) is 5.32 Å². The van der Waals surface area contributed by atoms with Crippen LogP contribution >= 0.6 is 0 Å². The summed E-state index contributed by atoms with van der Waals surface area (Å²) in [6.07, 6.45) is 4.27. The third-order valence-corrected chi connectivity index (χ3v) is 5.62. The summed E-state index contributed by atoms with van der Waals surface area (Å²) in [6, 6.07) is 11.5. The van der Waals surface area contributed by atoms with E-state index >= 15 is 0 Å². The minimum atomic E-state index is 0.460. The molecule has 1 aromatic carbocycles. The van der Waals surface area contributed by atoms with E-state index in [2.05, 4.69) is 56.4 Å². The van der Waals surface area contributed by atoms with Crippen molar-refractivity contribution in [2.24, 2.45) is 16.7 Å². The minimum absolute atomic E-state index is 0.460. The monoisotopic (exact) mass is 243 g/mol. The number of fused-ring (bicyclic) bond motifs is 2. The van der Waals surface area contributed by atoms with E-state index in [1.165, 1.54) is 24.8 Å². The fraction of sp³-hybridized carbons (Fsp3) is 0.647. The molecule has 1 heteroatoms. The second-order valence-electron chi connectivity index (χ2n) is 7.21. The van der Waals surface area contributed by atoms with Gasteiger partial charge in [0.15, 0.2) is 0 Å². The first-order chi connectivity index (χ1) is 8.52. The van der Waals surface area contributed by atoms with Gasteiger partial charge in [0.2, 0.25) is 0 Å². The van der Waals surface area contributed by atoms with Gasteiger partial charge in [-0.15, -0.1) is 0 Å². The second kappa shape index (κ2) is 4.09. The van der Waals surface area contributed by atoms with E-state index in [1.54, 1.807) is 0 Å². The van der Waals surface area contributed by atoms with Gasteiger partial charge in [-0.25, -0.2) is 0 Å². The molecule has 3 atom stereocenters. The molecule has 1 nitrogen and oxygen atoms in total. The summed E-state index contributed by atoms with van der Waals surface area (Å²) in [5.41, 5.74) is 2.39. The highest BCUT2D eigenvalue weighted by atomic mass is 15.0. The SMILES string of the molecule is CC1(C)C(NCc2ccccc2)[C@]2(C)CC[C@H]1C2. The number of hydrogen-bond donors (Lipinski definition) is 1. The average Bonchev–Trinajstić information content (AvgIpc) is 2.81. The Morgan fingerprint density at radius 3 is 2.50 bits per heavy atom. The lowest BCUT2D eigenvalue weighted by Crippen LogP contribution is -2.49. The van der Waals surface area contributed by atoms with Gasteiger partial charge in [0.05, 0.1) is 0 Å². The molecule has 0 amide bonds. The predicted octanol–water partition coefficient (Wildman–Crippen LogP) is 3.99. The van der Waals surface area contributed by atoms with Crippen molar-refractivity contribution in [3.05, 3.63) is 35.9 Å². The predicted molar refractivity (Wildman–Crippen MR) is 76.3 cm³/mol. The normalized spacial score (nSPS) is 37.1.